The minimum absolute atomic E-state index is 0.479. The lowest BCUT2D eigenvalue weighted by atomic mass is 9.96. The van der Waals surface area contributed by atoms with Crippen LogP contribution in [0.2, 0.25) is 0 Å². The molecule has 0 amide bonds. The van der Waals surface area contributed by atoms with E-state index in [1.165, 1.54) is 45.3 Å². The molecule has 1 saturated heterocycles. The molecule has 3 heteroatoms. The molecule has 86 valence electrons. The van der Waals surface area contributed by atoms with Crippen molar-refractivity contribution in [2.75, 3.05) is 19.6 Å². The topological polar surface area (TPSA) is 29.3 Å². The van der Waals surface area contributed by atoms with E-state index in [4.69, 9.17) is 18.0 Å². The summed E-state index contributed by atoms with van der Waals surface area (Å²) in [5.41, 5.74) is 6.14. The van der Waals surface area contributed by atoms with Crippen molar-refractivity contribution in [2.24, 2.45) is 17.1 Å². The maximum Gasteiger partial charge on any atom is 0.0733 e. The fourth-order valence-electron chi connectivity index (χ4n) is 2.63. The van der Waals surface area contributed by atoms with E-state index in [1.807, 2.05) is 0 Å². The fourth-order valence-corrected chi connectivity index (χ4v) is 2.94. The third-order valence-corrected chi connectivity index (χ3v) is 4.09. The van der Waals surface area contributed by atoms with Crippen molar-refractivity contribution in [2.45, 2.75) is 39.0 Å². The molecule has 2 nitrogen and oxygen atoms in total. The molecular weight excluding hydrogens is 204 g/mol. The van der Waals surface area contributed by atoms with Gasteiger partial charge in [0, 0.05) is 13.0 Å². The van der Waals surface area contributed by atoms with Crippen LogP contribution >= 0.6 is 12.2 Å². The molecule has 2 rings (SSSR count). The number of hydrogen-bond donors (Lipinski definition) is 1. The van der Waals surface area contributed by atoms with E-state index in [1.54, 1.807) is 0 Å². The van der Waals surface area contributed by atoms with Gasteiger partial charge >= 0.3 is 0 Å². The average molecular weight is 226 g/mol. The lowest BCUT2D eigenvalue weighted by molar-refractivity contribution is 0.161. The van der Waals surface area contributed by atoms with E-state index < -0.39 is 0 Å². The number of rotatable bonds is 4. The largest absolute Gasteiger partial charge is 0.393 e. The van der Waals surface area contributed by atoms with Crippen LogP contribution in [0, 0.1) is 11.3 Å². The zero-order valence-corrected chi connectivity index (χ0v) is 10.5. The van der Waals surface area contributed by atoms with Crippen molar-refractivity contribution in [3.8, 4) is 0 Å². The maximum atomic E-state index is 5.66. The van der Waals surface area contributed by atoms with Gasteiger partial charge in [-0.25, -0.2) is 0 Å². The van der Waals surface area contributed by atoms with Crippen LogP contribution in [-0.2, 0) is 0 Å². The molecule has 0 unspecified atom stereocenters. The van der Waals surface area contributed by atoms with E-state index >= 15 is 0 Å². The normalized spacial score (nSPS) is 26.5. The molecule has 1 aliphatic heterocycles. The number of thiocarbonyl (C=S) groups is 1. The minimum atomic E-state index is 0.479. The van der Waals surface area contributed by atoms with Crippen LogP contribution in [0.1, 0.15) is 39.0 Å². The third-order valence-electron chi connectivity index (χ3n) is 3.94. The standard InChI is InChI=1S/C12H22N2S/c1-10-2-6-14(7-3-10)9-12(4-5-12)8-11(13)15/h10H,2-9H2,1H3,(H2,13,15). The Hall–Kier alpha value is -0.150. The molecule has 0 bridgehead atoms. The predicted octanol–water partition coefficient (Wildman–Crippen LogP) is 2.17. The van der Waals surface area contributed by atoms with Crippen LogP contribution in [0.5, 0.6) is 0 Å². The van der Waals surface area contributed by atoms with Gasteiger partial charge in [0.1, 0.15) is 0 Å². The molecule has 0 spiro atoms. The highest BCUT2D eigenvalue weighted by Gasteiger charge is 2.44. The first-order valence-corrected chi connectivity index (χ1v) is 6.51. The number of likely N-dealkylation sites (tertiary alicyclic amines) is 1. The third kappa shape index (κ3) is 3.15. The summed E-state index contributed by atoms with van der Waals surface area (Å²) in [5.74, 6) is 0.923. The smallest absolute Gasteiger partial charge is 0.0733 e. The van der Waals surface area contributed by atoms with Gasteiger partial charge in [-0.3, -0.25) is 0 Å². The van der Waals surface area contributed by atoms with Crippen LogP contribution in [0.15, 0.2) is 0 Å². The lowest BCUT2D eigenvalue weighted by Gasteiger charge is -2.33. The highest BCUT2D eigenvalue weighted by atomic mass is 32.1. The lowest BCUT2D eigenvalue weighted by Crippen LogP contribution is -2.38. The summed E-state index contributed by atoms with van der Waals surface area (Å²) in [5, 5.41) is 0. The summed E-state index contributed by atoms with van der Waals surface area (Å²) in [6, 6.07) is 0. The van der Waals surface area contributed by atoms with E-state index in [2.05, 4.69) is 11.8 Å². The van der Waals surface area contributed by atoms with Gasteiger partial charge in [-0.05, 0) is 50.1 Å². The van der Waals surface area contributed by atoms with Crippen molar-refractivity contribution >= 4 is 17.2 Å². The highest BCUT2D eigenvalue weighted by molar-refractivity contribution is 7.80. The molecule has 1 heterocycles. The zero-order chi connectivity index (χ0) is 10.9. The Balaban J connectivity index is 1.79. The molecule has 1 aliphatic carbocycles. The molecule has 2 fully saturated rings. The zero-order valence-electron chi connectivity index (χ0n) is 9.67. The molecular formula is C12H22N2S. The van der Waals surface area contributed by atoms with Gasteiger partial charge in [0.15, 0.2) is 0 Å². The first kappa shape index (κ1) is 11.3. The van der Waals surface area contributed by atoms with Crippen molar-refractivity contribution in [3.05, 3.63) is 0 Å². The Morgan fingerprint density at radius 3 is 2.47 bits per heavy atom. The van der Waals surface area contributed by atoms with Gasteiger partial charge in [-0.15, -0.1) is 0 Å². The van der Waals surface area contributed by atoms with Crippen LogP contribution in [-0.4, -0.2) is 29.5 Å². The van der Waals surface area contributed by atoms with Crippen LogP contribution in [0.3, 0.4) is 0 Å². The van der Waals surface area contributed by atoms with E-state index in [-0.39, 0.29) is 0 Å². The summed E-state index contributed by atoms with van der Waals surface area (Å²) >= 11 is 5.03. The van der Waals surface area contributed by atoms with E-state index in [0.717, 1.165) is 12.3 Å². The Labute approximate surface area is 98.2 Å². The SMILES string of the molecule is CC1CCN(CC2(CC(N)=S)CC2)CC1. The summed E-state index contributed by atoms with van der Waals surface area (Å²) < 4.78 is 0. The van der Waals surface area contributed by atoms with Gasteiger partial charge in [0.25, 0.3) is 0 Å². The monoisotopic (exact) mass is 226 g/mol. The number of nitrogens with zero attached hydrogens (tertiary/aromatic N) is 1. The van der Waals surface area contributed by atoms with Crippen LogP contribution < -0.4 is 5.73 Å². The molecule has 0 aromatic heterocycles. The molecule has 2 N–H and O–H groups in total. The Morgan fingerprint density at radius 2 is 2.00 bits per heavy atom. The number of piperidine rings is 1. The molecule has 0 aromatic carbocycles. The maximum absolute atomic E-state index is 5.66. The molecule has 0 atom stereocenters. The first-order valence-electron chi connectivity index (χ1n) is 6.10. The Bertz CT molecular complexity index is 240. The van der Waals surface area contributed by atoms with E-state index in [0.29, 0.717) is 10.4 Å². The summed E-state index contributed by atoms with van der Waals surface area (Å²) in [4.78, 5) is 3.32. The van der Waals surface area contributed by atoms with Gasteiger partial charge in [-0.1, -0.05) is 19.1 Å². The molecule has 0 radical (unpaired) electrons. The van der Waals surface area contributed by atoms with E-state index in [9.17, 15) is 0 Å². The predicted molar refractivity (Wildman–Crippen MR) is 67.9 cm³/mol. The highest BCUT2D eigenvalue weighted by Crippen LogP contribution is 2.49. The second-order valence-electron chi connectivity index (χ2n) is 5.60. The van der Waals surface area contributed by atoms with Gasteiger partial charge in [0.2, 0.25) is 0 Å². The van der Waals surface area contributed by atoms with Gasteiger partial charge < -0.3 is 10.6 Å². The van der Waals surface area contributed by atoms with Crippen molar-refractivity contribution in [1.29, 1.82) is 0 Å². The summed E-state index contributed by atoms with van der Waals surface area (Å²) in [6.45, 7) is 6.15. The Kier molecular flexibility index (Phi) is 3.31. The quantitative estimate of drug-likeness (QED) is 0.745. The van der Waals surface area contributed by atoms with Crippen LogP contribution in [0.25, 0.3) is 0 Å². The van der Waals surface area contributed by atoms with Crippen molar-refractivity contribution < 1.29 is 0 Å². The second-order valence-corrected chi connectivity index (χ2v) is 6.13. The molecule has 15 heavy (non-hydrogen) atoms. The number of hydrogen-bond acceptors (Lipinski definition) is 2. The fraction of sp³-hybridized carbons (Fsp3) is 0.917. The van der Waals surface area contributed by atoms with Crippen molar-refractivity contribution in [3.63, 3.8) is 0 Å². The minimum Gasteiger partial charge on any atom is -0.393 e. The molecule has 1 saturated carbocycles. The van der Waals surface area contributed by atoms with Gasteiger partial charge in [0.05, 0.1) is 4.99 Å². The summed E-state index contributed by atoms with van der Waals surface area (Å²) in [7, 11) is 0. The molecule has 0 aromatic rings. The van der Waals surface area contributed by atoms with Gasteiger partial charge in [-0.2, -0.15) is 0 Å². The molecule has 2 aliphatic rings. The Morgan fingerprint density at radius 1 is 1.40 bits per heavy atom. The first-order chi connectivity index (χ1) is 7.10. The summed E-state index contributed by atoms with van der Waals surface area (Å²) in [6.07, 6.45) is 6.35. The van der Waals surface area contributed by atoms with Crippen LogP contribution in [0.4, 0.5) is 0 Å². The van der Waals surface area contributed by atoms with Crippen molar-refractivity contribution in [1.82, 2.24) is 4.90 Å². The second kappa shape index (κ2) is 4.38. The average Bonchev–Trinajstić information content (AvgIpc) is 2.88. The number of nitrogens with two attached hydrogens (primary N) is 1.